The minimum absolute atomic E-state index is 0.146. The molecule has 3 aromatic carbocycles. The molecule has 1 aliphatic heterocycles. The van der Waals surface area contributed by atoms with Gasteiger partial charge in [0.15, 0.2) is 0 Å². The van der Waals surface area contributed by atoms with E-state index < -0.39 is 6.04 Å². The summed E-state index contributed by atoms with van der Waals surface area (Å²) in [7, 11) is 1.50. The smallest absolute Gasteiger partial charge is 0.258 e. The van der Waals surface area contributed by atoms with E-state index in [1.165, 1.54) is 24.1 Å². The number of hydrogen-bond donors (Lipinski definition) is 1. The average Bonchev–Trinajstić information content (AvgIpc) is 2.89. The molecule has 6 heteroatoms. The number of halogens is 1. The van der Waals surface area contributed by atoms with Crippen molar-refractivity contribution in [2.75, 3.05) is 19.0 Å². The molecule has 0 spiro atoms. The van der Waals surface area contributed by atoms with E-state index in [9.17, 15) is 14.0 Å². The Kier molecular flexibility index (Phi) is 5.23. The van der Waals surface area contributed by atoms with E-state index in [4.69, 9.17) is 4.74 Å². The maximum atomic E-state index is 13.6. The zero-order chi connectivity index (χ0) is 21.3. The number of rotatable bonds is 3. The number of nitrogens with one attached hydrogen (secondary N) is 1. The van der Waals surface area contributed by atoms with Crippen molar-refractivity contribution in [1.29, 1.82) is 0 Å². The first-order valence-electron chi connectivity index (χ1n) is 9.58. The monoisotopic (exact) mass is 404 g/mol. The summed E-state index contributed by atoms with van der Waals surface area (Å²) >= 11 is 0. The number of para-hydroxylation sites is 1. The predicted molar refractivity (Wildman–Crippen MR) is 112 cm³/mol. The van der Waals surface area contributed by atoms with Crippen molar-refractivity contribution in [3.05, 3.63) is 94.8 Å². The van der Waals surface area contributed by atoms with Gasteiger partial charge in [-0.15, -0.1) is 0 Å². The van der Waals surface area contributed by atoms with E-state index in [1.807, 2.05) is 25.1 Å². The lowest BCUT2D eigenvalue weighted by Gasteiger charge is -2.31. The van der Waals surface area contributed by atoms with Gasteiger partial charge in [0.05, 0.1) is 18.7 Å². The molecular weight excluding hydrogens is 383 g/mol. The first-order chi connectivity index (χ1) is 14.5. The van der Waals surface area contributed by atoms with Gasteiger partial charge in [0.2, 0.25) is 5.91 Å². The van der Waals surface area contributed by atoms with E-state index in [0.717, 1.165) is 11.1 Å². The van der Waals surface area contributed by atoms with Gasteiger partial charge in [0, 0.05) is 11.3 Å². The Labute approximate surface area is 174 Å². The van der Waals surface area contributed by atoms with Gasteiger partial charge in [-0.05, 0) is 42.8 Å². The minimum atomic E-state index is -0.572. The van der Waals surface area contributed by atoms with Crippen molar-refractivity contribution in [3.63, 3.8) is 0 Å². The number of fused-ring (bicyclic) bond motifs is 1. The van der Waals surface area contributed by atoms with E-state index in [-0.39, 0.29) is 24.2 Å². The summed E-state index contributed by atoms with van der Waals surface area (Å²) in [6, 6.07) is 18.0. The highest BCUT2D eigenvalue weighted by atomic mass is 19.1. The van der Waals surface area contributed by atoms with E-state index in [2.05, 4.69) is 5.32 Å². The fraction of sp³-hybridized carbons (Fsp3) is 0.167. The Morgan fingerprint density at radius 1 is 1.10 bits per heavy atom. The van der Waals surface area contributed by atoms with Crippen LogP contribution in [-0.4, -0.2) is 30.4 Å². The summed E-state index contributed by atoms with van der Waals surface area (Å²) in [5.41, 5.74) is 3.46. The highest BCUT2D eigenvalue weighted by molar-refractivity contribution is 6.02. The van der Waals surface area contributed by atoms with Crippen molar-refractivity contribution >= 4 is 17.5 Å². The molecule has 152 valence electrons. The zero-order valence-electron chi connectivity index (χ0n) is 16.7. The second kappa shape index (κ2) is 7.99. The largest absolute Gasteiger partial charge is 0.496 e. The Bertz CT molecular complexity index is 1110. The van der Waals surface area contributed by atoms with Crippen LogP contribution in [0, 0.1) is 12.7 Å². The SMILES string of the molecule is COc1ccccc1C(=O)N1CC(=O)Nc2ccc(C)cc2[C@H]1c1ccc(F)cc1. The fourth-order valence-electron chi connectivity index (χ4n) is 3.80. The van der Waals surface area contributed by atoms with Gasteiger partial charge in [-0.3, -0.25) is 9.59 Å². The highest BCUT2D eigenvalue weighted by Gasteiger charge is 2.35. The fourth-order valence-corrected chi connectivity index (χ4v) is 3.80. The van der Waals surface area contributed by atoms with Crippen molar-refractivity contribution in [2.45, 2.75) is 13.0 Å². The maximum absolute atomic E-state index is 13.6. The van der Waals surface area contributed by atoms with Crippen LogP contribution in [0.15, 0.2) is 66.7 Å². The molecule has 5 nitrogen and oxygen atoms in total. The van der Waals surface area contributed by atoms with Crippen LogP contribution in [0.1, 0.15) is 33.1 Å². The molecule has 0 saturated carbocycles. The van der Waals surface area contributed by atoms with Crippen LogP contribution in [0.3, 0.4) is 0 Å². The number of ether oxygens (including phenoxy) is 1. The number of benzene rings is 3. The third-order valence-corrected chi connectivity index (χ3v) is 5.19. The van der Waals surface area contributed by atoms with Crippen molar-refractivity contribution < 1.29 is 18.7 Å². The van der Waals surface area contributed by atoms with Crippen molar-refractivity contribution in [3.8, 4) is 5.75 Å². The van der Waals surface area contributed by atoms with Gasteiger partial charge < -0.3 is 15.0 Å². The average molecular weight is 404 g/mol. The molecule has 3 aromatic rings. The normalized spacial score (nSPS) is 15.8. The highest BCUT2D eigenvalue weighted by Crippen LogP contribution is 2.38. The number of aryl methyl sites for hydroxylation is 1. The molecule has 1 N–H and O–H groups in total. The number of methoxy groups -OCH3 is 1. The van der Waals surface area contributed by atoms with Crippen molar-refractivity contribution in [1.82, 2.24) is 4.90 Å². The maximum Gasteiger partial charge on any atom is 0.258 e. The van der Waals surface area contributed by atoms with Crippen LogP contribution in [0.2, 0.25) is 0 Å². The summed E-state index contributed by atoms with van der Waals surface area (Å²) in [6.45, 7) is 1.80. The van der Waals surface area contributed by atoms with Gasteiger partial charge in [-0.25, -0.2) is 4.39 Å². The summed E-state index contributed by atoms with van der Waals surface area (Å²) in [5, 5.41) is 2.89. The summed E-state index contributed by atoms with van der Waals surface area (Å²) in [4.78, 5) is 27.8. The number of carbonyl (C=O) groups excluding carboxylic acids is 2. The molecular formula is C24H21FN2O3. The number of anilines is 1. The van der Waals surface area contributed by atoms with Crippen molar-refractivity contribution in [2.24, 2.45) is 0 Å². The Hall–Kier alpha value is -3.67. The summed E-state index contributed by atoms with van der Waals surface area (Å²) < 4.78 is 19.0. The molecule has 1 heterocycles. The van der Waals surface area contributed by atoms with Gasteiger partial charge in [0.1, 0.15) is 18.1 Å². The molecule has 0 saturated heterocycles. The van der Waals surface area contributed by atoms with Crippen LogP contribution < -0.4 is 10.1 Å². The Morgan fingerprint density at radius 2 is 1.83 bits per heavy atom. The van der Waals surface area contributed by atoms with Crippen LogP contribution in [0.4, 0.5) is 10.1 Å². The predicted octanol–water partition coefficient (Wildman–Crippen LogP) is 4.33. The van der Waals surface area contributed by atoms with E-state index >= 15 is 0 Å². The van der Waals surface area contributed by atoms with Gasteiger partial charge in [-0.1, -0.05) is 42.0 Å². The summed E-state index contributed by atoms with van der Waals surface area (Å²) in [5.74, 6) is -0.581. The van der Waals surface area contributed by atoms with Gasteiger partial charge in [-0.2, -0.15) is 0 Å². The van der Waals surface area contributed by atoms with Crippen LogP contribution >= 0.6 is 0 Å². The molecule has 0 aromatic heterocycles. The molecule has 4 rings (SSSR count). The second-order valence-corrected chi connectivity index (χ2v) is 7.23. The number of hydrogen-bond acceptors (Lipinski definition) is 3. The molecule has 2 amide bonds. The second-order valence-electron chi connectivity index (χ2n) is 7.23. The van der Waals surface area contributed by atoms with Gasteiger partial charge in [0.25, 0.3) is 5.91 Å². The molecule has 0 unspecified atom stereocenters. The number of carbonyl (C=O) groups is 2. The minimum Gasteiger partial charge on any atom is -0.496 e. The van der Waals surface area contributed by atoms with E-state index in [1.54, 1.807) is 36.4 Å². The molecule has 1 atom stereocenters. The first kappa shape index (κ1) is 19.6. The number of amides is 2. The quantitative estimate of drug-likeness (QED) is 0.707. The lowest BCUT2D eigenvalue weighted by atomic mass is 9.94. The molecule has 0 bridgehead atoms. The third kappa shape index (κ3) is 3.64. The van der Waals surface area contributed by atoms with E-state index in [0.29, 0.717) is 22.6 Å². The first-order valence-corrected chi connectivity index (χ1v) is 9.58. The standard InChI is InChI=1S/C24H21FN2O3/c1-15-7-12-20-19(13-15)23(16-8-10-17(25)11-9-16)27(14-22(28)26-20)24(29)18-5-3-4-6-21(18)30-2/h3-13,23H,14H2,1-2H3,(H,26,28)/t23-/m1/s1. The molecule has 0 fully saturated rings. The summed E-state index contributed by atoms with van der Waals surface area (Å²) in [6.07, 6.45) is 0. The Morgan fingerprint density at radius 3 is 2.57 bits per heavy atom. The lowest BCUT2D eigenvalue weighted by molar-refractivity contribution is -0.117. The third-order valence-electron chi connectivity index (χ3n) is 5.19. The topological polar surface area (TPSA) is 58.6 Å². The molecule has 0 aliphatic carbocycles. The number of nitrogens with zero attached hydrogens (tertiary/aromatic N) is 1. The van der Waals surface area contributed by atoms with Gasteiger partial charge >= 0.3 is 0 Å². The molecule has 0 radical (unpaired) electrons. The van der Waals surface area contributed by atoms with Crippen LogP contribution in [-0.2, 0) is 4.79 Å². The lowest BCUT2D eigenvalue weighted by Crippen LogP contribution is -2.39. The zero-order valence-corrected chi connectivity index (χ0v) is 16.7. The Balaban J connectivity index is 1.91. The van der Waals surface area contributed by atoms with Crippen LogP contribution in [0.25, 0.3) is 0 Å². The molecule has 30 heavy (non-hydrogen) atoms. The van der Waals surface area contributed by atoms with Crippen LogP contribution in [0.5, 0.6) is 5.75 Å². The molecule has 1 aliphatic rings.